The van der Waals surface area contributed by atoms with Crippen LogP contribution in [0.3, 0.4) is 0 Å². The fourth-order valence-corrected chi connectivity index (χ4v) is 2.72. The van der Waals surface area contributed by atoms with E-state index >= 15 is 0 Å². The summed E-state index contributed by atoms with van der Waals surface area (Å²) in [6, 6.07) is 4.75. The first-order chi connectivity index (χ1) is 9.35. The van der Waals surface area contributed by atoms with Crippen LogP contribution in [-0.4, -0.2) is 29.4 Å². The zero-order valence-corrected chi connectivity index (χ0v) is 11.5. The molecular weight excluding hydrogens is 307 g/mol. The molecule has 10 heteroatoms. The second-order valence-corrected chi connectivity index (χ2v) is 6.30. The molecule has 2 heterocycles. The number of nitrogens with one attached hydrogen (secondary N) is 1. The Hall–Kier alpha value is -1.73. The summed E-state index contributed by atoms with van der Waals surface area (Å²) in [7, 11) is -4.33. The van der Waals surface area contributed by atoms with Gasteiger partial charge in [0.25, 0.3) is 5.56 Å². The Labute approximate surface area is 116 Å². The lowest BCUT2D eigenvalue weighted by molar-refractivity contribution is 0.370. The number of aromatic amines is 1. The molecule has 0 aliphatic heterocycles. The van der Waals surface area contributed by atoms with Gasteiger partial charge in [-0.15, -0.1) is 10.2 Å². The van der Waals surface area contributed by atoms with E-state index in [0.717, 1.165) is 0 Å². The molecule has 0 aliphatic carbocycles. The normalized spacial score (nSPS) is 12.3. The van der Waals surface area contributed by atoms with Crippen LogP contribution in [0, 0.1) is 0 Å². The van der Waals surface area contributed by atoms with Crippen LogP contribution in [-0.2, 0) is 10.7 Å². The number of benzene rings is 1. The van der Waals surface area contributed by atoms with E-state index in [1.54, 1.807) is 18.2 Å². The van der Waals surface area contributed by atoms with Gasteiger partial charge in [-0.1, -0.05) is 11.6 Å². The predicted octanol–water partition coefficient (Wildman–Crippen LogP) is 0.902. The van der Waals surface area contributed by atoms with E-state index in [1.165, 1.54) is 4.40 Å². The fourth-order valence-electron chi connectivity index (χ4n) is 1.98. The van der Waals surface area contributed by atoms with E-state index in [1.807, 2.05) is 0 Å². The Morgan fingerprint density at radius 3 is 2.80 bits per heavy atom. The zero-order valence-electron chi connectivity index (χ0n) is 9.82. The van der Waals surface area contributed by atoms with Crippen molar-refractivity contribution in [2.24, 2.45) is 0 Å². The maximum atomic E-state index is 11.9. The molecule has 0 radical (unpaired) electrons. The predicted molar refractivity (Wildman–Crippen MR) is 71.9 cm³/mol. The lowest BCUT2D eigenvalue weighted by atomic mass is 10.3. The Kier molecular flexibility index (Phi) is 2.91. The van der Waals surface area contributed by atoms with Gasteiger partial charge in [-0.3, -0.25) is 13.8 Å². The minimum atomic E-state index is -4.33. The van der Waals surface area contributed by atoms with E-state index < -0.39 is 19.3 Å². The molecule has 0 saturated carbocycles. The largest absolute Gasteiger partial charge is 0.333 e. The van der Waals surface area contributed by atoms with E-state index in [0.29, 0.717) is 16.1 Å². The van der Waals surface area contributed by atoms with E-state index in [9.17, 15) is 9.36 Å². The van der Waals surface area contributed by atoms with Gasteiger partial charge in [-0.25, -0.2) is 0 Å². The average Bonchev–Trinajstić information content (AvgIpc) is 2.73. The maximum absolute atomic E-state index is 11.9. The van der Waals surface area contributed by atoms with Crippen LogP contribution >= 0.6 is 19.2 Å². The molecule has 8 nitrogen and oxygen atoms in total. The third-order valence-electron chi connectivity index (χ3n) is 2.73. The molecule has 0 unspecified atom stereocenters. The summed E-state index contributed by atoms with van der Waals surface area (Å²) < 4.78 is 12.4. The van der Waals surface area contributed by atoms with Crippen molar-refractivity contribution >= 4 is 35.9 Å². The molecule has 0 saturated heterocycles. The standard InChI is InChI=1S/C10H8ClN4O4P/c11-5-1-2-6-7(3-5)15-8(4-20(17,18)19)13-14-9(15)10(16)12-6/h1-3H,4H2,(H,12,16)(H2,17,18,19). The van der Waals surface area contributed by atoms with Crippen molar-refractivity contribution in [2.45, 2.75) is 6.16 Å². The lowest BCUT2D eigenvalue weighted by Crippen LogP contribution is -2.12. The number of hydrogen-bond acceptors (Lipinski definition) is 4. The van der Waals surface area contributed by atoms with Crippen molar-refractivity contribution in [2.75, 3.05) is 0 Å². The molecule has 0 aliphatic rings. The quantitative estimate of drug-likeness (QED) is 0.604. The molecule has 0 fully saturated rings. The summed E-state index contributed by atoms with van der Waals surface area (Å²) in [4.78, 5) is 32.6. The number of nitrogens with zero attached hydrogens (tertiary/aromatic N) is 3. The highest BCUT2D eigenvalue weighted by Crippen LogP contribution is 2.38. The van der Waals surface area contributed by atoms with Crippen molar-refractivity contribution < 1.29 is 14.4 Å². The van der Waals surface area contributed by atoms with Gasteiger partial charge >= 0.3 is 7.60 Å². The summed E-state index contributed by atoms with van der Waals surface area (Å²) in [5.74, 6) is 0.00620. The molecule has 20 heavy (non-hydrogen) atoms. The molecule has 104 valence electrons. The van der Waals surface area contributed by atoms with Crippen molar-refractivity contribution in [1.82, 2.24) is 19.6 Å². The van der Waals surface area contributed by atoms with Crippen molar-refractivity contribution in [3.63, 3.8) is 0 Å². The molecule has 1 aromatic carbocycles. The fraction of sp³-hybridized carbons (Fsp3) is 0.100. The van der Waals surface area contributed by atoms with Gasteiger partial charge in [0.15, 0.2) is 0 Å². The zero-order chi connectivity index (χ0) is 14.5. The lowest BCUT2D eigenvalue weighted by Gasteiger charge is -2.06. The van der Waals surface area contributed by atoms with Crippen LogP contribution in [0.2, 0.25) is 5.02 Å². The van der Waals surface area contributed by atoms with E-state index in [2.05, 4.69) is 15.2 Å². The number of hydrogen-bond donors (Lipinski definition) is 3. The maximum Gasteiger partial charge on any atom is 0.333 e. The summed E-state index contributed by atoms with van der Waals surface area (Å²) in [6.45, 7) is 0. The van der Waals surface area contributed by atoms with Gasteiger partial charge in [-0.2, -0.15) is 0 Å². The second kappa shape index (κ2) is 4.39. The Bertz CT molecular complexity index is 928. The van der Waals surface area contributed by atoms with Gasteiger partial charge in [0.1, 0.15) is 12.0 Å². The minimum Gasteiger partial charge on any atom is -0.324 e. The van der Waals surface area contributed by atoms with Crippen molar-refractivity contribution in [1.29, 1.82) is 0 Å². The minimum absolute atomic E-state index is 0.00620. The molecule has 0 atom stereocenters. The SMILES string of the molecule is O=c1[nH]c2ccc(Cl)cc2n2c(CP(=O)(O)O)nnc12. The molecule has 0 amide bonds. The molecule has 2 aromatic heterocycles. The molecule has 3 rings (SSSR count). The summed E-state index contributed by atoms with van der Waals surface area (Å²) in [5, 5.41) is 7.76. The summed E-state index contributed by atoms with van der Waals surface area (Å²) in [6.07, 6.45) is -0.612. The first kappa shape index (κ1) is 13.3. The topological polar surface area (TPSA) is 121 Å². The molecular formula is C10H8ClN4O4P. The number of aromatic nitrogens is 4. The highest BCUT2D eigenvalue weighted by Gasteiger charge is 2.21. The third-order valence-corrected chi connectivity index (χ3v) is 3.66. The van der Waals surface area contributed by atoms with Gasteiger partial charge in [0.2, 0.25) is 5.65 Å². The van der Waals surface area contributed by atoms with Gasteiger partial charge in [0, 0.05) is 5.02 Å². The van der Waals surface area contributed by atoms with Crippen LogP contribution in [0.5, 0.6) is 0 Å². The number of fused-ring (bicyclic) bond motifs is 3. The van der Waals surface area contributed by atoms with Gasteiger partial charge in [0.05, 0.1) is 11.0 Å². The average molecular weight is 315 g/mol. The highest BCUT2D eigenvalue weighted by atomic mass is 35.5. The second-order valence-electron chi connectivity index (χ2n) is 4.21. The molecule has 0 spiro atoms. The van der Waals surface area contributed by atoms with Crippen LogP contribution < -0.4 is 5.56 Å². The molecule has 3 N–H and O–H groups in total. The van der Waals surface area contributed by atoms with Crippen LogP contribution in [0.15, 0.2) is 23.0 Å². The van der Waals surface area contributed by atoms with Gasteiger partial charge < -0.3 is 14.8 Å². The molecule has 0 bridgehead atoms. The van der Waals surface area contributed by atoms with Crippen molar-refractivity contribution in [3.05, 3.63) is 39.4 Å². The number of halogens is 1. The van der Waals surface area contributed by atoms with Crippen molar-refractivity contribution in [3.8, 4) is 0 Å². The molecule has 3 aromatic rings. The van der Waals surface area contributed by atoms with Crippen LogP contribution in [0.1, 0.15) is 5.82 Å². The summed E-state index contributed by atoms with van der Waals surface area (Å²) in [5.41, 5.74) is 0.409. The van der Waals surface area contributed by atoms with Crippen LogP contribution in [0.4, 0.5) is 0 Å². The third kappa shape index (κ3) is 2.23. The summed E-state index contributed by atoms with van der Waals surface area (Å²) >= 11 is 5.91. The highest BCUT2D eigenvalue weighted by molar-refractivity contribution is 7.50. The van der Waals surface area contributed by atoms with E-state index in [-0.39, 0.29) is 11.5 Å². The van der Waals surface area contributed by atoms with Crippen LogP contribution in [0.25, 0.3) is 16.7 Å². The monoisotopic (exact) mass is 314 g/mol. The van der Waals surface area contributed by atoms with E-state index in [4.69, 9.17) is 21.4 Å². The smallest absolute Gasteiger partial charge is 0.324 e. The van der Waals surface area contributed by atoms with Gasteiger partial charge in [-0.05, 0) is 18.2 Å². The number of H-pyrrole nitrogens is 1. The number of rotatable bonds is 2. The first-order valence-electron chi connectivity index (χ1n) is 5.45. The Balaban J connectivity index is 2.44. The Morgan fingerprint density at radius 1 is 1.35 bits per heavy atom. The Morgan fingerprint density at radius 2 is 2.10 bits per heavy atom. The first-order valence-corrected chi connectivity index (χ1v) is 7.63.